The molecule has 0 aromatic rings. The van der Waals surface area contributed by atoms with E-state index in [9.17, 15) is 9.59 Å². The van der Waals surface area contributed by atoms with E-state index in [1.807, 2.05) is 65.2 Å². The molecule has 0 spiro atoms. The van der Waals surface area contributed by atoms with Gasteiger partial charge in [-0.15, -0.1) is 0 Å². The van der Waals surface area contributed by atoms with Gasteiger partial charge in [-0.05, 0) is 55.4 Å². The summed E-state index contributed by atoms with van der Waals surface area (Å²) >= 11 is 0. The first-order chi connectivity index (χ1) is 9.56. The lowest BCUT2D eigenvalue weighted by Crippen LogP contribution is -2.44. The minimum atomic E-state index is -0.477. The summed E-state index contributed by atoms with van der Waals surface area (Å²) in [6.45, 7) is 16.5. The zero-order valence-corrected chi connectivity index (χ0v) is 14.8. The van der Waals surface area contributed by atoms with E-state index < -0.39 is 11.9 Å². The Morgan fingerprint density at radius 3 is 1.10 bits per heavy atom. The fourth-order valence-corrected chi connectivity index (χ4v) is 2.41. The molecule has 21 heavy (non-hydrogen) atoms. The van der Waals surface area contributed by atoms with Crippen LogP contribution in [0.25, 0.3) is 0 Å². The number of nitrogens with zero attached hydrogens (tertiary/aromatic N) is 2. The van der Waals surface area contributed by atoms with Gasteiger partial charge in [0.05, 0.1) is 13.1 Å². The molecule has 0 aliphatic heterocycles. The van der Waals surface area contributed by atoms with Gasteiger partial charge in [0.15, 0.2) is 0 Å². The van der Waals surface area contributed by atoms with Crippen molar-refractivity contribution in [2.75, 3.05) is 13.1 Å². The first kappa shape index (κ1) is 20.1. The number of esters is 2. The lowest BCUT2D eigenvalue weighted by molar-refractivity contribution is -0.162. The molecule has 0 atom stereocenters. The summed E-state index contributed by atoms with van der Waals surface area (Å²) in [5, 5.41) is 0. The van der Waals surface area contributed by atoms with E-state index in [2.05, 4.69) is 0 Å². The third kappa shape index (κ3) is 7.58. The van der Waals surface area contributed by atoms with Gasteiger partial charge < -0.3 is 4.74 Å². The summed E-state index contributed by atoms with van der Waals surface area (Å²) in [7, 11) is 0. The van der Waals surface area contributed by atoms with Gasteiger partial charge in [0.2, 0.25) is 0 Å². The lowest BCUT2D eigenvalue weighted by Gasteiger charge is -2.30. The zero-order valence-electron chi connectivity index (χ0n) is 14.8. The number of ether oxygens (including phenoxy) is 1. The highest BCUT2D eigenvalue weighted by molar-refractivity contribution is 5.87. The molecule has 0 amide bonds. The van der Waals surface area contributed by atoms with Crippen LogP contribution in [0.4, 0.5) is 0 Å². The van der Waals surface area contributed by atoms with E-state index in [0.717, 1.165) is 0 Å². The van der Waals surface area contributed by atoms with Gasteiger partial charge in [-0.25, -0.2) is 0 Å². The van der Waals surface area contributed by atoms with Crippen LogP contribution < -0.4 is 0 Å². The predicted octanol–water partition coefficient (Wildman–Crippen LogP) is 2.29. The first-order valence-corrected chi connectivity index (χ1v) is 7.81. The van der Waals surface area contributed by atoms with Gasteiger partial charge in [-0.3, -0.25) is 19.4 Å². The number of hydrogen-bond acceptors (Lipinski definition) is 5. The summed E-state index contributed by atoms with van der Waals surface area (Å²) in [4.78, 5) is 27.8. The normalized spacial score (nSPS) is 12.3. The standard InChI is InChI=1S/C16H32N2O3/c1-11(2)17(12(3)4)9-15(19)21-16(20)10-18(13(5)6)14(7)8/h11-14H,9-10H2,1-8H3. The molecule has 5 heteroatoms. The maximum Gasteiger partial charge on any atom is 0.327 e. The maximum absolute atomic E-state index is 11.9. The first-order valence-electron chi connectivity index (χ1n) is 7.81. The molecule has 0 fully saturated rings. The minimum absolute atomic E-state index is 0.143. The van der Waals surface area contributed by atoms with Gasteiger partial charge in [-0.1, -0.05) is 0 Å². The van der Waals surface area contributed by atoms with Crippen molar-refractivity contribution in [3.63, 3.8) is 0 Å². The van der Waals surface area contributed by atoms with E-state index in [-0.39, 0.29) is 37.3 Å². The number of carbonyl (C=O) groups is 2. The molecule has 0 bridgehead atoms. The van der Waals surface area contributed by atoms with E-state index in [4.69, 9.17) is 4.74 Å². The Hall–Kier alpha value is -0.940. The van der Waals surface area contributed by atoms with E-state index in [1.54, 1.807) is 0 Å². The number of hydrogen-bond donors (Lipinski definition) is 0. The molecular weight excluding hydrogens is 268 g/mol. The zero-order chi connectivity index (χ0) is 16.7. The van der Waals surface area contributed by atoms with E-state index in [1.165, 1.54) is 0 Å². The highest BCUT2D eigenvalue weighted by Gasteiger charge is 2.22. The quantitative estimate of drug-likeness (QED) is 0.508. The Balaban J connectivity index is 4.47. The highest BCUT2D eigenvalue weighted by Crippen LogP contribution is 2.07. The monoisotopic (exact) mass is 300 g/mol. The second kappa shape index (κ2) is 9.15. The Morgan fingerprint density at radius 2 is 0.905 bits per heavy atom. The van der Waals surface area contributed by atoms with Crippen molar-refractivity contribution in [3.05, 3.63) is 0 Å². The molecule has 0 radical (unpaired) electrons. The summed E-state index contributed by atoms with van der Waals surface area (Å²) in [6.07, 6.45) is 0. The second-order valence-electron chi connectivity index (χ2n) is 6.57. The number of rotatable bonds is 8. The van der Waals surface area contributed by atoms with Crippen LogP contribution in [0.15, 0.2) is 0 Å². The second-order valence-corrected chi connectivity index (χ2v) is 6.57. The topological polar surface area (TPSA) is 49.9 Å². The molecule has 0 aromatic heterocycles. The molecule has 5 nitrogen and oxygen atoms in total. The molecule has 0 N–H and O–H groups in total. The Morgan fingerprint density at radius 1 is 0.667 bits per heavy atom. The van der Waals surface area contributed by atoms with E-state index in [0.29, 0.717) is 0 Å². The fourth-order valence-electron chi connectivity index (χ4n) is 2.41. The third-order valence-corrected chi connectivity index (χ3v) is 3.50. The average molecular weight is 300 g/mol. The van der Waals surface area contributed by atoms with Gasteiger partial charge in [-0.2, -0.15) is 0 Å². The summed E-state index contributed by atoms with van der Waals surface area (Å²) in [5.41, 5.74) is 0. The molecule has 124 valence electrons. The molecule has 0 saturated heterocycles. The van der Waals surface area contributed by atoms with Crippen LogP contribution in [-0.2, 0) is 14.3 Å². The average Bonchev–Trinajstić information content (AvgIpc) is 2.31. The largest absolute Gasteiger partial charge is 0.391 e. The van der Waals surface area contributed by atoms with Crippen molar-refractivity contribution in [1.82, 2.24) is 9.80 Å². The molecule has 0 heterocycles. The SMILES string of the molecule is CC(C)N(CC(=O)OC(=O)CN(C(C)C)C(C)C)C(C)C. The summed E-state index contributed by atoms with van der Waals surface area (Å²) in [5.74, 6) is -0.954. The van der Waals surface area contributed by atoms with E-state index >= 15 is 0 Å². The molecule has 0 unspecified atom stereocenters. The maximum atomic E-state index is 11.9. The summed E-state index contributed by atoms with van der Waals surface area (Å²) in [6, 6.07) is 0.928. The fraction of sp³-hybridized carbons (Fsp3) is 0.875. The van der Waals surface area contributed by atoms with Crippen LogP contribution in [-0.4, -0.2) is 59.0 Å². The molecular formula is C16H32N2O3. The Kier molecular flexibility index (Phi) is 8.74. The van der Waals surface area contributed by atoms with Crippen molar-refractivity contribution in [2.45, 2.75) is 79.6 Å². The van der Waals surface area contributed by atoms with Crippen LogP contribution in [0.3, 0.4) is 0 Å². The van der Waals surface area contributed by atoms with Crippen molar-refractivity contribution < 1.29 is 14.3 Å². The number of carbonyl (C=O) groups excluding carboxylic acids is 2. The van der Waals surface area contributed by atoms with Crippen molar-refractivity contribution in [3.8, 4) is 0 Å². The van der Waals surface area contributed by atoms with Crippen LogP contribution in [0, 0.1) is 0 Å². The van der Waals surface area contributed by atoms with Gasteiger partial charge >= 0.3 is 11.9 Å². The summed E-state index contributed by atoms with van der Waals surface area (Å²) < 4.78 is 4.95. The van der Waals surface area contributed by atoms with Crippen LogP contribution in [0.1, 0.15) is 55.4 Å². The third-order valence-electron chi connectivity index (χ3n) is 3.50. The van der Waals surface area contributed by atoms with Gasteiger partial charge in [0.1, 0.15) is 0 Å². The van der Waals surface area contributed by atoms with Crippen LogP contribution in [0.2, 0.25) is 0 Å². The molecule has 0 rings (SSSR count). The molecule has 0 aromatic carbocycles. The van der Waals surface area contributed by atoms with Crippen molar-refractivity contribution in [1.29, 1.82) is 0 Å². The Bertz CT molecular complexity index is 290. The molecule has 0 aliphatic rings. The highest BCUT2D eigenvalue weighted by atomic mass is 16.6. The van der Waals surface area contributed by atoms with Crippen LogP contribution >= 0.6 is 0 Å². The van der Waals surface area contributed by atoms with Crippen molar-refractivity contribution in [2.24, 2.45) is 0 Å². The Labute approximate surface area is 129 Å². The smallest absolute Gasteiger partial charge is 0.327 e. The predicted molar refractivity (Wildman–Crippen MR) is 85.1 cm³/mol. The van der Waals surface area contributed by atoms with Crippen molar-refractivity contribution >= 4 is 11.9 Å². The van der Waals surface area contributed by atoms with Gasteiger partial charge in [0, 0.05) is 24.2 Å². The minimum Gasteiger partial charge on any atom is -0.391 e. The van der Waals surface area contributed by atoms with Gasteiger partial charge in [0.25, 0.3) is 0 Å². The molecule has 0 aliphatic carbocycles. The van der Waals surface area contributed by atoms with Crippen LogP contribution in [0.5, 0.6) is 0 Å². The lowest BCUT2D eigenvalue weighted by atomic mass is 10.2. The molecule has 0 saturated carbocycles.